The van der Waals surface area contributed by atoms with Crippen molar-refractivity contribution in [3.05, 3.63) is 58.9 Å². The smallest absolute Gasteiger partial charge is 0.255 e. The molecule has 1 atom stereocenters. The molecule has 0 heterocycles. The first kappa shape index (κ1) is 34.1. The summed E-state index contributed by atoms with van der Waals surface area (Å²) in [5.41, 5.74) is 10.5. The van der Waals surface area contributed by atoms with E-state index >= 15 is 0 Å². The van der Waals surface area contributed by atoms with Crippen LogP contribution in [0.5, 0.6) is 5.75 Å². The Labute approximate surface area is 238 Å². The largest absolute Gasteiger partial charge is 0.492 e. The normalized spacial score (nSPS) is 12.7. The van der Waals surface area contributed by atoms with Crippen LogP contribution in [0, 0.1) is 6.92 Å². The second-order valence-electron chi connectivity index (χ2n) is 10.4. The predicted octanol–water partition coefficient (Wildman–Crippen LogP) is 5.88. The summed E-state index contributed by atoms with van der Waals surface area (Å²) >= 11 is 1.44. The Morgan fingerprint density at radius 1 is 1.13 bits per heavy atom. The minimum atomic E-state index is -1.35. The van der Waals surface area contributed by atoms with Crippen molar-refractivity contribution in [3.63, 3.8) is 0 Å². The van der Waals surface area contributed by atoms with Gasteiger partial charge in [-0.25, -0.2) is 5.84 Å². The Morgan fingerprint density at radius 2 is 1.72 bits per heavy atom. The van der Waals surface area contributed by atoms with E-state index in [2.05, 4.69) is 30.8 Å². The molecule has 218 valence electrons. The summed E-state index contributed by atoms with van der Waals surface area (Å²) < 4.78 is 14.4. The first-order chi connectivity index (χ1) is 18.1. The van der Waals surface area contributed by atoms with E-state index in [1.54, 1.807) is 26.2 Å². The molecule has 0 bridgehead atoms. The SMILES string of the molecule is CC.COc1c(NSC)cc(C(C)(C)C)cc1NC(=O)c1ccc(C)c(N(N)/C=C(\N)C(C)OC(C)(C)O)c1. The molecular formula is C29H47N5O4S. The fourth-order valence-corrected chi connectivity index (χ4v) is 3.99. The molecular weight excluding hydrogens is 514 g/mol. The zero-order valence-electron chi connectivity index (χ0n) is 25.2. The van der Waals surface area contributed by atoms with E-state index in [4.69, 9.17) is 21.1 Å². The lowest BCUT2D eigenvalue weighted by Crippen LogP contribution is -2.34. The lowest BCUT2D eigenvalue weighted by molar-refractivity contribution is -0.193. The Balaban J connectivity index is 0.00000371. The van der Waals surface area contributed by atoms with Crippen molar-refractivity contribution in [2.24, 2.45) is 11.6 Å². The van der Waals surface area contributed by atoms with Gasteiger partial charge in [0.25, 0.3) is 5.91 Å². The van der Waals surface area contributed by atoms with Crippen LogP contribution in [0.2, 0.25) is 0 Å². The number of nitrogens with one attached hydrogen (secondary N) is 2. The molecule has 0 aromatic heterocycles. The Bertz CT molecular complexity index is 1140. The van der Waals surface area contributed by atoms with Gasteiger partial charge in [0.1, 0.15) is 0 Å². The molecule has 1 amide bonds. The van der Waals surface area contributed by atoms with Gasteiger partial charge in [-0.2, -0.15) is 0 Å². The number of methoxy groups -OCH3 is 1. The molecule has 1 unspecified atom stereocenters. The number of aryl methyl sites for hydroxylation is 1. The minimum Gasteiger partial charge on any atom is -0.492 e. The summed E-state index contributed by atoms with van der Waals surface area (Å²) in [5, 5.41) is 14.2. The average molecular weight is 562 g/mol. The summed E-state index contributed by atoms with van der Waals surface area (Å²) in [5.74, 6) is 5.16. The van der Waals surface area contributed by atoms with Gasteiger partial charge in [-0.3, -0.25) is 9.80 Å². The molecule has 2 aromatic rings. The molecule has 2 aromatic carbocycles. The van der Waals surface area contributed by atoms with Gasteiger partial charge in [0.05, 0.1) is 36.0 Å². The molecule has 0 aliphatic rings. The van der Waals surface area contributed by atoms with Crippen LogP contribution in [0.1, 0.15) is 76.9 Å². The third kappa shape index (κ3) is 9.96. The maximum absolute atomic E-state index is 13.3. The van der Waals surface area contributed by atoms with Crippen LogP contribution in [0.25, 0.3) is 0 Å². The predicted molar refractivity (Wildman–Crippen MR) is 165 cm³/mol. The summed E-state index contributed by atoms with van der Waals surface area (Å²) in [4.78, 5) is 13.3. The number of carbonyl (C=O) groups excluding carboxylic acids is 1. The van der Waals surface area contributed by atoms with Gasteiger partial charge in [-0.05, 0) is 68.5 Å². The number of carbonyl (C=O) groups is 1. The van der Waals surface area contributed by atoms with Crippen LogP contribution in [-0.2, 0) is 10.2 Å². The number of ether oxygens (including phenoxy) is 2. The average Bonchev–Trinajstić information content (AvgIpc) is 2.83. The van der Waals surface area contributed by atoms with Crippen LogP contribution in [0.3, 0.4) is 0 Å². The number of benzene rings is 2. The molecule has 0 saturated carbocycles. The maximum Gasteiger partial charge on any atom is 0.255 e. The maximum atomic E-state index is 13.3. The second kappa shape index (κ2) is 14.5. The van der Waals surface area contributed by atoms with Crippen molar-refractivity contribution < 1.29 is 19.4 Å². The number of amides is 1. The van der Waals surface area contributed by atoms with E-state index in [9.17, 15) is 9.90 Å². The highest BCUT2D eigenvalue weighted by atomic mass is 32.2. The molecule has 39 heavy (non-hydrogen) atoms. The number of nitrogens with zero attached hydrogens (tertiary/aromatic N) is 1. The van der Waals surface area contributed by atoms with Gasteiger partial charge in [-0.15, -0.1) is 0 Å². The van der Waals surface area contributed by atoms with E-state index in [-0.39, 0.29) is 11.3 Å². The molecule has 0 radical (unpaired) electrons. The fourth-order valence-electron chi connectivity index (χ4n) is 3.62. The molecule has 0 fully saturated rings. The summed E-state index contributed by atoms with van der Waals surface area (Å²) in [6.45, 7) is 17.0. The van der Waals surface area contributed by atoms with Crippen LogP contribution in [0.15, 0.2) is 42.2 Å². The van der Waals surface area contributed by atoms with Crippen molar-refractivity contribution in [1.29, 1.82) is 0 Å². The fraction of sp³-hybridized carbons (Fsp3) is 0.483. The topological polar surface area (TPSA) is 135 Å². The Kier molecular flexibility index (Phi) is 12.6. The van der Waals surface area contributed by atoms with Gasteiger partial charge < -0.3 is 30.4 Å². The molecule has 0 saturated heterocycles. The summed E-state index contributed by atoms with van der Waals surface area (Å²) in [6, 6.07) is 9.20. The number of hydrogen-bond acceptors (Lipinski definition) is 9. The number of anilines is 3. The third-order valence-electron chi connectivity index (χ3n) is 5.59. The quantitative estimate of drug-likeness (QED) is 0.104. The third-order valence-corrected chi connectivity index (χ3v) is 6.02. The van der Waals surface area contributed by atoms with E-state index in [0.29, 0.717) is 28.4 Å². The van der Waals surface area contributed by atoms with Crippen molar-refractivity contribution in [3.8, 4) is 5.75 Å². The molecule has 2 rings (SSSR count). The number of nitrogens with two attached hydrogens (primary N) is 2. The van der Waals surface area contributed by atoms with Crippen molar-refractivity contribution in [1.82, 2.24) is 0 Å². The standard InChI is InChI=1S/C27H41N5O4S.C2H6/c1-16-10-11-18(12-23(16)32(29)15-20(28)17(2)36-27(6,7)34)25(33)30-21-13-19(26(3,4)5)14-22(31-37-9)24(21)35-8;1-2/h10-15,17,31,34H,28-29H2,1-9H3,(H,30,33);1-2H3/b20-15-;. The highest BCUT2D eigenvalue weighted by Crippen LogP contribution is 2.39. The Hall–Kier alpha value is -2.92. The lowest BCUT2D eigenvalue weighted by Gasteiger charge is -2.25. The number of aliphatic hydroxyl groups is 1. The lowest BCUT2D eigenvalue weighted by atomic mass is 9.86. The van der Waals surface area contributed by atoms with Crippen LogP contribution >= 0.6 is 11.9 Å². The van der Waals surface area contributed by atoms with E-state index in [1.165, 1.54) is 37.0 Å². The van der Waals surface area contributed by atoms with Gasteiger partial charge in [0.15, 0.2) is 11.5 Å². The second-order valence-corrected chi connectivity index (χ2v) is 11.0. The van der Waals surface area contributed by atoms with Crippen molar-refractivity contribution in [2.45, 2.75) is 79.6 Å². The number of hydrazine groups is 1. The van der Waals surface area contributed by atoms with Gasteiger partial charge in [0.2, 0.25) is 0 Å². The zero-order valence-corrected chi connectivity index (χ0v) is 26.0. The Morgan fingerprint density at radius 3 is 2.23 bits per heavy atom. The van der Waals surface area contributed by atoms with E-state index in [1.807, 2.05) is 45.2 Å². The highest BCUT2D eigenvalue weighted by molar-refractivity contribution is 7.99. The molecule has 7 N–H and O–H groups in total. The highest BCUT2D eigenvalue weighted by Gasteiger charge is 2.22. The van der Waals surface area contributed by atoms with Crippen LogP contribution < -0.4 is 31.4 Å². The first-order valence-electron chi connectivity index (χ1n) is 12.9. The molecule has 0 spiro atoms. The first-order valence-corrected chi connectivity index (χ1v) is 14.1. The zero-order chi connectivity index (χ0) is 30.1. The molecule has 9 nitrogen and oxygen atoms in total. The monoisotopic (exact) mass is 561 g/mol. The van der Waals surface area contributed by atoms with Crippen molar-refractivity contribution in [2.75, 3.05) is 28.4 Å². The van der Waals surface area contributed by atoms with Gasteiger partial charge >= 0.3 is 0 Å². The van der Waals surface area contributed by atoms with Crippen molar-refractivity contribution >= 4 is 34.9 Å². The molecule has 0 aliphatic heterocycles. The van der Waals surface area contributed by atoms with Crippen LogP contribution in [0.4, 0.5) is 17.1 Å². The summed E-state index contributed by atoms with van der Waals surface area (Å²) in [7, 11) is 1.57. The van der Waals surface area contributed by atoms with Gasteiger partial charge in [-0.1, -0.05) is 52.6 Å². The van der Waals surface area contributed by atoms with E-state index in [0.717, 1.165) is 16.8 Å². The number of hydrogen-bond donors (Lipinski definition) is 5. The summed E-state index contributed by atoms with van der Waals surface area (Å²) in [6.07, 6.45) is 2.85. The number of rotatable bonds is 10. The molecule has 10 heteroatoms. The van der Waals surface area contributed by atoms with Crippen LogP contribution in [-0.4, -0.2) is 36.3 Å². The molecule has 0 aliphatic carbocycles. The van der Waals surface area contributed by atoms with E-state index < -0.39 is 11.9 Å². The van der Waals surface area contributed by atoms with Gasteiger partial charge in [0, 0.05) is 18.0 Å². The minimum absolute atomic E-state index is 0.143.